The van der Waals surface area contributed by atoms with Gasteiger partial charge in [0.15, 0.2) is 11.4 Å². The number of rotatable bonds is 7. The summed E-state index contributed by atoms with van der Waals surface area (Å²) in [6, 6.07) is 24.4. The summed E-state index contributed by atoms with van der Waals surface area (Å²) in [5, 5.41) is 0. The lowest BCUT2D eigenvalue weighted by Gasteiger charge is -2.39. The minimum atomic E-state index is -4.38. The number of benzene rings is 3. The van der Waals surface area contributed by atoms with Crippen molar-refractivity contribution >= 4 is 48.4 Å². The number of nitrogens with zero attached hydrogens (tertiary/aromatic N) is 2. The fourth-order valence-electron chi connectivity index (χ4n) is 11.0. The van der Waals surface area contributed by atoms with E-state index in [1.165, 1.54) is 23.2 Å². The molecule has 56 heavy (non-hydrogen) atoms. The number of ether oxygens (including phenoxy) is 2. The Morgan fingerprint density at radius 2 is 1.14 bits per heavy atom. The third-order valence-corrected chi connectivity index (χ3v) is 13.4. The zero-order valence-electron chi connectivity index (χ0n) is 31.6. The standard InChI is InChI=1S/C47H43BF2N2O4/c1-55-46(53)35-14-8-28(9-15-35)12-26-37-39-31-18-22-33(23-19-31)41(39)44-43(30-6-4-3-5-7-30)45-42-34-24-20-32(21-25-34)40(42)38(52(45)48(49,50)51(37)44)27-13-29-10-16-36(17-11-29)47(54)56-2/h3-17,26-27,31-34H,18-25H2,1-2H3/b26-12+,27-13+. The molecular weight excluding hydrogens is 705 g/mol. The smallest absolute Gasteiger partial charge is 0.465 e. The van der Waals surface area contributed by atoms with Crippen molar-refractivity contribution in [3.63, 3.8) is 0 Å². The van der Waals surface area contributed by atoms with Crippen LogP contribution in [0.15, 0.2) is 102 Å². The molecule has 6 nitrogen and oxygen atoms in total. The Morgan fingerprint density at radius 3 is 1.70 bits per heavy atom. The third kappa shape index (κ3) is 5.22. The van der Waals surface area contributed by atoms with E-state index in [4.69, 9.17) is 9.47 Å². The van der Waals surface area contributed by atoms with Crippen LogP contribution in [0.2, 0.25) is 0 Å². The summed E-state index contributed by atoms with van der Waals surface area (Å²) in [5.41, 5.74) is 11.4. The van der Waals surface area contributed by atoms with Crippen molar-refractivity contribution in [2.24, 2.45) is 11.8 Å². The Labute approximate surface area is 325 Å². The summed E-state index contributed by atoms with van der Waals surface area (Å²) >= 11 is 0. The first-order valence-electron chi connectivity index (χ1n) is 20.0. The van der Waals surface area contributed by atoms with Crippen molar-refractivity contribution in [2.75, 3.05) is 14.2 Å². The van der Waals surface area contributed by atoms with Crippen LogP contribution in [-0.2, 0) is 9.47 Å². The predicted octanol–water partition coefficient (Wildman–Crippen LogP) is 10.3. The zero-order valence-corrected chi connectivity index (χ0v) is 31.6. The lowest BCUT2D eigenvalue weighted by Crippen LogP contribution is -2.52. The van der Waals surface area contributed by atoms with Crippen molar-refractivity contribution in [1.29, 1.82) is 0 Å². The van der Waals surface area contributed by atoms with E-state index in [-0.39, 0.29) is 23.7 Å². The lowest BCUT2D eigenvalue weighted by molar-refractivity contribution is -0.362. The van der Waals surface area contributed by atoms with E-state index >= 15 is 8.63 Å². The summed E-state index contributed by atoms with van der Waals surface area (Å²) in [6.07, 6.45) is 15.7. The highest BCUT2D eigenvalue weighted by atomic mass is 19.2. The Kier molecular flexibility index (Phi) is 8.28. The largest absolute Gasteiger partial charge is 0.737 e. The fraction of sp³-hybridized carbons (Fsp3) is 0.298. The van der Waals surface area contributed by atoms with Crippen LogP contribution >= 0.6 is 0 Å². The molecule has 0 saturated heterocycles. The molecule has 2 aliphatic heterocycles. The van der Waals surface area contributed by atoms with Crippen LogP contribution < -0.4 is 0 Å². The molecule has 3 heterocycles. The Balaban J connectivity index is 1.24. The normalized spacial score (nSPS) is 24.1. The van der Waals surface area contributed by atoms with Crippen molar-refractivity contribution < 1.29 is 32.2 Å². The number of hydrogen-bond acceptors (Lipinski definition) is 4. The molecule has 6 aliphatic carbocycles. The van der Waals surface area contributed by atoms with Gasteiger partial charge in [0.2, 0.25) is 0 Å². The maximum absolute atomic E-state index is 18.5. The molecule has 4 bridgehead atoms. The molecule has 2 fully saturated rings. The van der Waals surface area contributed by atoms with Gasteiger partial charge in [0.25, 0.3) is 0 Å². The molecule has 0 spiro atoms. The SMILES string of the molecule is COC(=O)c1ccc(/C=C/C2=[N+]3C(=C(c4ccccc4)c4c5c(c(/C=C/c6ccc(C(=O)OC)cc6)n4[B-]3(F)F)C3CCC5CC3)C3=C2C2CCC3CC2)cc1. The molecule has 9 heteroatoms. The quantitative estimate of drug-likeness (QED) is 0.140. The molecule has 8 aliphatic rings. The number of carbonyl (C=O) groups excluding carboxylic acids is 2. The van der Waals surface area contributed by atoms with Crippen LogP contribution in [0.25, 0.3) is 23.8 Å². The second kappa shape index (κ2) is 13.3. The average Bonchev–Trinajstić information content (AvgIpc) is 3.81. The maximum atomic E-state index is 18.5. The molecular formula is C47H43BF2N2O4. The highest BCUT2D eigenvalue weighted by Crippen LogP contribution is 2.60. The highest BCUT2D eigenvalue weighted by Gasteiger charge is 2.61. The van der Waals surface area contributed by atoms with Crippen LogP contribution in [0.1, 0.15) is 123 Å². The molecule has 0 N–H and O–H groups in total. The fourth-order valence-corrected chi connectivity index (χ4v) is 11.0. The van der Waals surface area contributed by atoms with Gasteiger partial charge in [-0.05, 0) is 139 Å². The molecule has 0 atom stereocenters. The van der Waals surface area contributed by atoms with E-state index in [0.29, 0.717) is 33.9 Å². The van der Waals surface area contributed by atoms with E-state index < -0.39 is 18.9 Å². The van der Waals surface area contributed by atoms with Crippen molar-refractivity contribution in [3.05, 3.63) is 152 Å². The second-order valence-electron chi connectivity index (χ2n) is 16.2. The number of esters is 2. The van der Waals surface area contributed by atoms with E-state index in [2.05, 4.69) is 12.1 Å². The molecule has 0 radical (unpaired) electrons. The molecule has 12 rings (SSSR count). The molecule has 0 amide bonds. The van der Waals surface area contributed by atoms with Crippen LogP contribution in [0.5, 0.6) is 0 Å². The van der Waals surface area contributed by atoms with Gasteiger partial charge >= 0.3 is 18.9 Å². The molecule has 1 aromatic heterocycles. The molecule has 2 saturated carbocycles. The summed E-state index contributed by atoms with van der Waals surface area (Å²) in [7, 11) is 2.71. The van der Waals surface area contributed by atoms with Gasteiger partial charge in [-0.15, -0.1) is 0 Å². The molecule has 282 valence electrons. The van der Waals surface area contributed by atoms with Gasteiger partial charge in [-0.1, -0.05) is 60.7 Å². The topological polar surface area (TPSA) is 60.5 Å². The minimum absolute atomic E-state index is 0.217. The maximum Gasteiger partial charge on any atom is 0.737 e. The third-order valence-electron chi connectivity index (χ3n) is 13.4. The van der Waals surface area contributed by atoms with Gasteiger partial charge < -0.3 is 27.1 Å². The summed E-state index contributed by atoms with van der Waals surface area (Å²) < 4.78 is 49.8. The zero-order chi connectivity index (χ0) is 38.3. The van der Waals surface area contributed by atoms with Gasteiger partial charge in [0, 0.05) is 28.6 Å². The summed E-state index contributed by atoms with van der Waals surface area (Å²) in [6.45, 7) is -4.38. The molecule has 0 unspecified atom stereocenters. The second-order valence-corrected chi connectivity index (χ2v) is 16.2. The number of halogens is 2. The van der Waals surface area contributed by atoms with Gasteiger partial charge in [0.05, 0.1) is 30.9 Å². The lowest BCUT2D eigenvalue weighted by atomic mass is 9.64. The van der Waals surface area contributed by atoms with Gasteiger partial charge in [-0.25, -0.2) is 9.59 Å². The van der Waals surface area contributed by atoms with Crippen molar-refractivity contribution in [3.8, 4) is 0 Å². The van der Waals surface area contributed by atoms with Crippen LogP contribution in [0, 0.1) is 11.8 Å². The highest BCUT2D eigenvalue weighted by molar-refractivity contribution is 6.59. The van der Waals surface area contributed by atoms with Crippen LogP contribution in [0.3, 0.4) is 0 Å². The van der Waals surface area contributed by atoms with E-state index in [0.717, 1.165) is 95.9 Å². The van der Waals surface area contributed by atoms with E-state index in [1.807, 2.05) is 66.8 Å². The van der Waals surface area contributed by atoms with Crippen LogP contribution in [-0.4, -0.2) is 47.8 Å². The Hall–Kier alpha value is -5.57. The minimum Gasteiger partial charge on any atom is -0.465 e. The van der Waals surface area contributed by atoms with E-state index in [1.54, 1.807) is 24.3 Å². The Morgan fingerprint density at radius 1 is 0.643 bits per heavy atom. The van der Waals surface area contributed by atoms with Crippen molar-refractivity contribution in [2.45, 2.75) is 63.2 Å². The number of aromatic nitrogens is 1. The number of methoxy groups -OCH3 is 2. The summed E-state index contributed by atoms with van der Waals surface area (Å²) in [5.74, 6) is 0.0522. The molecule has 4 aromatic rings. The molecule has 3 aromatic carbocycles. The van der Waals surface area contributed by atoms with Gasteiger partial charge in [-0.3, -0.25) is 0 Å². The number of hydrogen-bond donors (Lipinski definition) is 0. The first kappa shape index (κ1) is 34.9. The first-order chi connectivity index (χ1) is 27.3. The Bertz CT molecular complexity index is 2460. The number of carbonyl (C=O) groups is 2. The van der Waals surface area contributed by atoms with Gasteiger partial charge in [-0.2, -0.15) is 0 Å². The summed E-state index contributed by atoms with van der Waals surface area (Å²) in [4.78, 5) is 24.3. The first-order valence-corrected chi connectivity index (χ1v) is 20.0. The van der Waals surface area contributed by atoms with Crippen LogP contribution in [0.4, 0.5) is 8.63 Å². The van der Waals surface area contributed by atoms with Gasteiger partial charge in [0.1, 0.15) is 0 Å². The van der Waals surface area contributed by atoms with E-state index in [9.17, 15) is 9.59 Å². The number of fused-ring (bicyclic) bond motifs is 6. The monoisotopic (exact) mass is 748 g/mol. The van der Waals surface area contributed by atoms with Crippen molar-refractivity contribution in [1.82, 2.24) is 4.48 Å². The average molecular weight is 749 g/mol. The predicted molar refractivity (Wildman–Crippen MR) is 215 cm³/mol. The number of allylic oxidation sites excluding steroid dienone is 3.